The van der Waals surface area contributed by atoms with Crippen LogP contribution in [0.1, 0.15) is 54.6 Å². The molecule has 2 fully saturated rings. The van der Waals surface area contributed by atoms with Crippen LogP contribution in [-0.4, -0.2) is 47.3 Å². The number of likely N-dealkylation sites (tertiary alicyclic amines) is 1. The predicted octanol–water partition coefficient (Wildman–Crippen LogP) is 6.53. The van der Waals surface area contributed by atoms with Crippen molar-refractivity contribution in [3.63, 3.8) is 0 Å². The predicted molar refractivity (Wildman–Crippen MR) is 141 cm³/mol. The second-order valence-electron chi connectivity index (χ2n) is 9.86. The summed E-state index contributed by atoms with van der Waals surface area (Å²) in [4.78, 5) is 5.02. The maximum Gasteiger partial charge on any atom is 0.416 e. The van der Waals surface area contributed by atoms with Gasteiger partial charge in [0.1, 0.15) is 0 Å². The molecule has 5 nitrogen and oxygen atoms in total. The lowest BCUT2D eigenvalue weighted by Crippen LogP contribution is -2.50. The summed E-state index contributed by atoms with van der Waals surface area (Å²) in [5.41, 5.74) is 2.21. The van der Waals surface area contributed by atoms with Crippen molar-refractivity contribution >= 4 is 34.7 Å². The van der Waals surface area contributed by atoms with E-state index in [-0.39, 0.29) is 24.0 Å². The number of anilines is 2. The Bertz CT molecular complexity index is 1220. The van der Waals surface area contributed by atoms with Gasteiger partial charge in [-0.15, -0.1) is 17.5 Å². The van der Waals surface area contributed by atoms with Crippen molar-refractivity contribution in [2.75, 3.05) is 36.4 Å². The molecular weight excluding hydrogens is 487 g/mol. The van der Waals surface area contributed by atoms with Gasteiger partial charge < -0.3 is 15.1 Å². The van der Waals surface area contributed by atoms with Gasteiger partial charge in [0, 0.05) is 35.6 Å². The summed E-state index contributed by atoms with van der Waals surface area (Å²) in [6, 6.07) is 11.0. The summed E-state index contributed by atoms with van der Waals surface area (Å²) in [5.74, 6) is 0.590. The van der Waals surface area contributed by atoms with Crippen LogP contribution in [0.25, 0.3) is 10.8 Å². The van der Waals surface area contributed by atoms with E-state index in [9.17, 15) is 13.2 Å². The number of piperidine rings is 1. The van der Waals surface area contributed by atoms with Gasteiger partial charge in [0.05, 0.1) is 17.3 Å². The molecule has 194 valence electrons. The summed E-state index contributed by atoms with van der Waals surface area (Å²) >= 11 is 0. The monoisotopic (exact) mass is 519 g/mol. The maximum absolute atomic E-state index is 13.4. The van der Waals surface area contributed by atoms with Crippen molar-refractivity contribution in [3.05, 3.63) is 58.8 Å². The highest BCUT2D eigenvalue weighted by Crippen LogP contribution is 2.36. The summed E-state index contributed by atoms with van der Waals surface area (Å²) in [6.45, 7) is 9.82. The minimum absolute atomic E-state index is 0. The molecule has 0 radical (unpaired) electrons. The van der Waals surface area contributed by atoms with Gasteiger partial charge in [0.15, 0.2) is 5.82 Å². The van der Waals surface area contributed by atoms with Crippen LogP contribution in [0.4, 0.5) is 24.7 Å². The van der Waals surface area contributed by atoms with Crippen molar-refractivity contribution in [3.8, 4) is 0 Å². The van der Waals surface area contributed by atoms with Gasteiger partial charge in [0.2, 0.25) is 0 Å². The topological polar surface area (TPSA) is 44.3 Å². The van der Waals surface area contributed by atoms with E-state index in [4.69, 9.17) is 0 Å². The van der Waals surface area contributed by atoms with Crippen molar-refractivity contribution in [1.82, 2.24) is 15.1 Å². The molecule has 3 aromatic rings. The Labute approximate surface area is 216 Å². The fourth-order valence-electron chi connectivity index (χ4n) is 5.49. The van der Waals surface area contributed by atoms with Gasteiger partial charge in [-0.25, -0.2) is 0 Å². The van der Waals surface area contributed by atoms with Crippen LogP contribution in [0.2, 0.25) is 0 Å². The van der Waals surface area contributed by atoms with Gasteiger partial charge in [0.25, 0.3) is 0 Å². The number of rotatable bonds is 5. The molecule has 1 N–H and O–H groups in total. The van der Waals surface area contributed by atoms with Gasteiger partial charge in [-0.1, -0.05) is 18.2 Å². The van der Waals surface area contributed by atoms with E-state index in [1.54, 1.807) is 6.07 Å². The lowest BCUT2D eigenvalue weighted by molar-refractivity contribution is -0.138. The van der Waals surface area contributed by atoms with Crippen molar-refractivity contribution in [2.45, 2.75) is 58.3 Å². The lowest BCUT2D eigenvalue weighted by Gasteiger charge is -2.43. The van der Waals surface area contributed by atoms with Gasteiger partial charge in [-0.3, -0.25) is 0 Å². The average Bonchev–Trinajstić information content (AvgIpc) is 2.79. The van der Waals surface area contributed by atoms with Crippen LogP contribution in [0, 0.1) is 13.8 Å². The first-order valence-electron chi connectivity index (χ1n) is 12.4. The molecule has 1 atom stereocenters. The quantitative estimate of drug-likeness (QED) is 0.415. The Balaban J connectivity index is 0.00000304. The molecule has 1 aromatic heterocycles. The highest BCUT2D eigenvalue weighted by molar-refractivity contribution is 5.95. The Hall–Kier alpha value is -2.58. The number of halogens is 4. The summed E-state index contributed by atoms with van der Waals surface area (Å²) in [7, 11) is 0. The Kier molecular flexibility index (Phi) is 7.67. The molecule has 36 heavy (non-hydrogen) atoms. The SMILES string of the molecule is Cc1c([C@@H](C)Nc2nnc(C)c3ccc(N4CCC(N5CCC5)CC4)cc23)cccc1C(F)(F)F.Cl. The minimum Gasteiger partial charge on any atom is -0.371 e. The van der Waals surface area contributed by atoms with E-state index in [0.717, 1.165) is 41.3 Å². The number of nitrogens with zero attached hydrogens (tertiary/aromatic N) is 4. The summed E-state index contributed by atoms with van der Waals surface area (Å²) in [6.07, 6.45) is -0.723. The maximum atomic E-state index is 13.4. The smallest absolute Gasteiger partial charge is 0.371 e. The van der Waals surface area contributed by atoms with Crippen LogP contribution in [0.15, 0.2) is 36.4 Å². The van der Waals surface area contributed by atoms with E-state index < -0.39 is 11.7 Å². The molecule has 2 aliphatic rings. The van der Waals surface area contributed by atoms with Crippen LogP contribution in [0.5, 0.6) is 0 Å². The van der Waals surface area contributed by atoms with Gasteiger partial charge in [-0.2, -0.15) is 18.3 Å². The van der Waals surface area contributed by atoms with E-state index >= 15 is 0 Å². The van der Waals surface area contributed by atoms with Crippen LogP contribution in [0.3, 0.4) is 0 Å². The zero-order valence-electron chi connectivity index (χ0n) is 20.9. The van der Waals surface area contributed by atoms with Crippen molar-refractivity contribution in [1.29, 1.82) is 0 Å². The molecule has 0 saturated carbocycles. The molecule has 0 unspecified atom stereocenters. The molecule has 2 aliphatic heterocycles. The average molecular weight is 520 g/mol. The number of benzene rings is 2. The van der Waals surface area contributed by atoms with Crippen molar-refractivity contribution in [2.24, 2.45) is 0 Å². The first-order chi connectivity index (χ1) is 16.7. The Morgan fingerprint density at radius 1 is 0.972 bits per heavy atom. The highest BCUT2D eigenvalue weighted by atomic mass is 35.5. The zero-order chi connectivity index (χ0) is 24.7. The number of nitrogens with one attached hydrogen (secondary N) is 1. The first-order valence-corrected chi connectivity index (χ1v) is 12.4. The third-order valence-corrected chi connectivity index (χ3v) is 7.69. The number of fused-ring (bicyclic) bond motifs is 1. The molecule has 3 heterocycles. The molecule has 2 aromatic carbocycles. The summed E-state index contributed by atoms with van der Waals surface area (Å²) < 4.78 is 40.3. The zero-order valence-corrected chi connectivity index (χ0v) is 21.7. The molecule has 0 aliphatic carbocycles. The Morgan fingerprint density at radius 3 is 2.33 bits per heavy atom. The number of hydrogen-bond acceptors (Lipinski definition) is 5. The van der Waals surface area contributed by atoms with Gasteiger partial charge in [-0.05, 0) is 82.4 Å². The molecular formula is C27H33ClF3N5. The minimum atomic E-state index is -4.38. The van der Waals surface area contributed by atoms with Gasteiger partial charge >= 0.3 is 6.18 Å². The van der Waals surface area contributed by atoms with E-state index in [1.165, 1.54) is 45.3 Å². The van der Waals surface area contributed by atoms with Crippen LogP contribution < -0.4 is 10.2 Å². The van der Waals surface area contributed by atoms with E-state index in [1.807, 2.05) is 13.8 Å². The number of hydrogen-bond donors (Lipinski definition) is 1. The second kappa shape index (κ2) is 10.4. The molecule has 0 spiro atoms. The second-order valence-corrected chi connectivity index (χ2v) is 9.86. The molecule has 0 bridgehead atoms. The summed E-state index contributed by atoms with van der Waals surface area (Å²) in [5, 5.41) is 14.0. The number of aryl methyl sites for hydroxylation is 1. The Morgan fingerprint density at radius 2 is 1.69 bits per heavy atom. The molecule has 5 rings (SSSR count). The third kappa shape index (κ3) is 5.11. The largest absolute Gasteiger partial charge is 0.416 e. The standard InChI is InChI=1S/C27H32F3N5.ClH/c1-17-22(6-4-7-25(17)27(28,29)30)18(2)31-26-24-16-21(8-9-23(24)19(3)32-33-26)35-14-10-20(11-15-35)34-12-5-13-34;/h4,6-9,16,18,20H,5,10-15H2,1-3H3,(H,31,33);1H/t18-;/m1./s1. The lowest BCUT2D eigenvalue weighted by atomic mass is 9.97. The first kappa shape index (κ1) is 26.5. The van der Waals surface area contributed by atoms with Crippen molar-refractivity contribution < 1.29 is 13.2 Å². The van der Waals surface area contributed by atoms with Crippen LogP contribution in [-0.2, 0) is 6.18 Å². The highest BCUT2D eigenvalue weighted by Gasteiger charge is 2.33. The molecule has 9 heteroatoms. The number of aromatic nitrogens is 2. The fraction of sp³-hybridized carbons (Fsp3) is 0.481. The van der Waals surface area contributed by atoms with E-state index in [0.29, 0.717) is 17.4 Å². The van der Waals surface area contributed by atoms with E-state index in [2.05, 4.69) is 43.5 Å². The molecule has 2 saturated heterocycles. The number of alkyl halides is 3. The normalized spacial score (nSPS) is 18.0. The third-order valence-electron chi connectivity index (χ3n) is 7.69. The fourth-order valence-corrected chi connectivity index (χ4v) is 5.49. The molecule has 0 amide bonds. The van der Waals surface area contributed by atoms with Crippen LogP contribution >= 0.6 is 12.4 Å².